The largest absolute Gasteiger partial charge is 0.358 e. The number of anilines is 1. The number of hydrogen-bond donors (Lipinski definition) is 2. The molecule has 0 saturated heterocycles. The summed E-state index contributed by atoms with van der Waals surface area (Å²) in [4.78, 5) is 0. The van der Waals surface area contributed by atoms with Gasteiger partial charge in [-0.05, 0) is 44.3 Å². The van der Waals surface area contributed by atoms with E-state index in [0.29, 0.717) is 27.4 Å². The van der Waals surface area contributed by atoms with Crippen LogP contribution < -0.4 is 10.6 Å². The van der Waals surface area contributed by atoms with Crippen LogP contribution in [0.25, 0.3) is 0 Å². The summed E-state index contributed by atoms with van der Waals surface area (Å²) >= 11 is 17.3. The summed E-state index contributed by atoms with van der Waals surface area (Å²) in [5.41, 5.74) is 2.93. The van der Waals surface area contributed by atoms with Gasteiger partial charge in [-0.25, -0.2) is 0 Å². The monoisotopic (exact) mass is 342 g/mol. The van der Waals surface area contributed by atoms with E-state index < -0.39 is 0 Å². The smallest absolute Gasteiger partial charge is 0.171 e. The van der Waals surface area contributed by atoms with Crippen molar-refractivity contribution in [2.24, 2.45) is 0 Å². The molecule has 0 fully saturated rings. The number of hydrogen-bond acceptors (Lipinski definition) is 2. The molecule has 0 unspecified atom stereocenters. The Hall–Kier alpha value is -1.30. The van der Waals surface area contributed by atoms with Gasteiger partial charge in [0.25, 0.3) is 0 Å². The van der Waals surface area contributed by atoms with E-state index in [4.69, 9.17) is 35.4 Å². The topological polar surface area (TPSA) is 41.9 Å². The fourth-order valence-corrected chi connectivity index (χ4v) is 2.43. The Labute approximate surface area is 139 Å². The summed E-state index contributed by atoms with van der Waals surface area (Å²) in [6.45, 7) is 5.56. The molecule has 0 radical (unpaired) electrons. The van der Waals surface area contributed by atoms with Gasteiger partial charge in [0.1, 0.15) is 0 Å². The quantitative estimate of drug-likeness (QED) is 0.824. The number of nitrogens with one attached hydrogen (secondary N) is 2. The van der Waals surface area contributed by atoms with Gasteiger partial charge in [-0.1, -0.05) is 23.2 Å². The first-order valence-electron chi connectivity index (χ1n) is 6.52. The van der Waals surface area contributed by atoms with Crippen molar-refractivity contribution in [1.29, 1.82) is 0 Å². The fourth-order valence-electron chi connectivity index (χ4n) is 1.91. The normalized spacial score (nSPS) is 10.5. The number of aryl methyl sites for hydroxylation is 1. The average molecular weight is 343 g/mol. The molecular formula is C14H16Cl2N4S. The zero-order valence-electron chi connectivity index (χ0n) is 11.8. The molecule has 2 rings (SSSR count). The molecule has 0 bridgehead atoms. The van der Waals surface area contributed by atoms with Crippen LogP contribution in [-0.2, 0) is 13.1 Å². The van der Waals surface area contributed by atoms with Crippen molar-refractivity contribution >= 4 is 46.2 Å². The molecular weight excluding hydrogens is 327 g/mol. The maximum Gasteiger partial charge on any atom is 0.171 e. The Balaban J connectivity index is 1.96. The summed E-state index contributed by atoms with van der Waals surface area (Å²) in [6.07, 6.45) is 1.85. The second kappa shape index (κ2) is 7.11. The molecule has 1 aromatic carbocycles. The maximum absolute atomic E-state index is 6.08. The van der Waals surface area contributed by atoms with Gasteiger partial charge in [0.15, 0.2) is 5.11 Å². The van der Waals surface area contributed by atoms with Crippen LogP contribution in [0.15, 0.2) is 24.4 Å². The van der Waals surface area contributed by atoms with Crippen molar-refractivity contribution in [3.8, 4) is 0 Å². The van der Waals surface area contributed by atoms with E-state index in [1.54, 1.807) is 18.2 Å². The SMILES string of the molecule is CCn1ncc(CNC(=S)Nc2cc(Cl)ccc2Cl)c1C. The van der Waals surface area contributed by atoms with E-state index in [-0.39, 0.29) is 0 Å². The lowest BCUT2D eigenvalue weighted by Gasteiger charge is -2.12. The zero-order chi connectivity index (χ0) is 15.4. The minimum Gasteiger partial charge on any atom is -0.358 e. The minimum atomic E-state index is 0.489. The van der Waals surface area contributed by atoms with Crippen LogP contribution in [0.5, 0.6) is 0 Å². The number of nitrogens with zero attached hydrogens (tertiary/aromatic N) is 2. The van der Waals surface area contributed by atoms with Crippen LogP contribution >= 0.6 is 35.4 Å². The van der Waals surface area contributed by atoms with E-state index in [2.05, 4.69) is 22.7 Å². The third kappa shape index (κ3) is 4.09. The fraction of sp³-hybridized carbons (Fsp3) is 0.286. The summed E-state index contributed by atoms with van der Waals surface area (Å²) in [7, 11) is 0. The molecule has 2 N–H and O–H groups in total. The maximum atomic E-state index is 6.08. The van der Waals surface area contributed by atoms with E-state index in [1.807, 2.05) is 17.8 Å². The number of aromatic nitrogens is 2. The van der Waals surface area contributed by atoms with Gasteiger partial charge >= 0.3 is 0 Å². The highest BCUT2D eigenvalue weighted by molar-refractivity contribution is 7.80. The van der Waals surface area contributed by atoms with Crippen LogP contribution in [-0.4, -0.2) is 14.9 Å². The van der Waals surface area contributed by atoms with Gasteiger partial charge in [0, 0.05) is 29.4 Å². The summed E-state index contributed by atoms with van der Waals surface area (Å²) in [5.74, 6) is 0. The average Bonchev–Trinajstić information content (AvgIpc) is 2.81. The van der Waals surface area contributed by atoms with Gasteiger partial charge in [0.05, 0.1) is 16.9 Å². The van der Waals surface area contributed by atoms with Gasteiger partial charge in [-0.3, -0.25) is 4.68 Å². The molecule has 1 aromatic heterocycles. The first-order valence-corrected chi connectivity index (χ1v) is 7.69. The molecule has 0 aliphatic heterocycles. The molecule has 0 amide bonds. The number of rotatable bonds is 4. The van der Waals surface area contributed by atoms with Crippen molar-refractivity contribution < 1.29 is 0 Å². The second-order valence-electron chi connectivity index (χ2n) is 4.50. The third-order valence-electron chi connectivity index (χ3n) is 3.12. The lowest BCUT2D eigenvalue weighted by Crippen LogP contribution is -2.28. The van der Waals surface area contributed by atoms with Crippen LogP contribution in [0.2, 0.25) is 10.0 Å². The Kier molecular flexibility index (Phi) is 5.45. The third-order valence-corrected chi connectivity index (χ3v) is 3.93. The first kappa shape index (κ1) is 16.1. The predicted molar refractivity (Wildman–Crippen MR) is 92.2 cm³/mol. The predicted octanol–water partition coefficient (Wildman–Crippen LogP) is 4.00. The Morgan fingerprint density at radius 2 is 2.14 bits per heavy atom. The molecule has 112 valence electrons. The Morgan fingerprint density at radius 3 is 2.81 bits per heavy atom. The molecule has 0 atom stereocenters. The Bertz CT molecular complexity index is 654. The van der Waals surface area contributed by atoms with Crippen LogP contribution in [0.3, 0.4) is 0 Å². The first-order chi connectivity index (χ1) is 10.0. The van der Waals surface area contributed by atoms with Crippen molar-refractivity contribution in [3.63, 3.8) is 0 Å². The standard InChI is InChI=1S/C14H16Cl2N4S/c1-3-20-9(2)10(8-18-20)7-17-14(21)19-13-6-11(15)4-5-12(13)16/h4-6,8H,3,7H2,1-2H3,(H2,17,19,21). The van der Waals surface area contributed by atoms with E-state index in [0.717, 1.165) is 17.8 Å². The van der Waals surface area contributed by atoms with Gasteiger partial charge < -0.3 is 10.6 Å². The van der Waals surface area contributed by atoms with Crippen LogP contribution in [0, 0.1) is 6.92 Å². The molecule has 7 heteroatoms. The summed E-state index contributed by atoms with van der Waals surface area (Å²) in [5, 5.41) is 12.1. The number of benzene rings is 1. The van der Waals surface area contributed by atoms with Crippen molar-refractivity contribution in [3.05, 3.63) is 45.7 Å². The molecule has 0 spiro atoms. The molecule has 1 heterocycles. The highest BCUT2D eigenvalue weighted by Crippen LogP contribution is 2.25. The van der Waals surface area contributed by atoms with Gasteiger partial charge in [-0.2, -0.15) is 5.10 Å². The second-order valence-corrected chi connectivity index (χ2v) is 5.75. The number of halogens is 2. The molecule has 0 aliphatic carbocycles. The highest BCUT2D eigenvalue weighted by Gasteiger charge is 2.07. The molecule has 4 nitrogen and oxygen atoms in total. The van der Waals surface area contributed by atoms with Crippen LogP contribution in [0.4, 0.5) is 5.69 Å². The van der Waals surface area contributed by atoms with Crippen LogP contribution in [0.1, 0.15) is 18.2 Å². The van der Waals surface area contributed by atoms with E-state index in [9.17, 15) is 0 Å². The molecule has 21 heavy (non-hydrogen) atoms. The Morgan fingerprint density at radius 1 is 1.38 bits per heavy atom. The molecule has 0 saturated carbocycles. The summed E-state index contributed by atoms with van der Waals surface area (Å²) < 4.78 is 1.95. The lowest BCUT2D eigenvalue weighted by atomic mass is 10.2. The van der Waals surface area contributed by atoms with Crippen molar-refractivity contribution in [1.82, 2.24) is 15.1 Å². The highest BCUT2D eigenvalue weighted by atomic mass is 35.5. The zero-order valence-corrected chi connectivity index (χ0v) is 14.1. The van der Waals surface area contributed by atoms with Crippen molar-refractivity contribution in [2.45, 2.75) is 26.9 Å². The number of thiocarbonyl (C=S) groups is 1. The van der Waals surface area contributed by atoms with Gasteiger partial charge in [-0.15, -0.1) is 0 Å². The van der Waals surface area contributed by atoms with Crippen molar-refractivity contribution in [2.75, 3.05) is 5.32 Å². The molecule has 2 aromatic rings. The summed E-state index contributed by atoms with van der Waals surface area (Å²) in [6, 6.07) is 5.19. The van der Waals surface area contributed by atoms with Gasteiger partial charge in [0.2, 0.25) is 0 Å². The lowest BCUT2D eigenvalue weighted by molar-refractivity contribution is 0.638. The minimum absolute atomic E-state index is 0.489. The van der Waals surface area contributed by atoms with E-state index in [1.165, 1.54) is 0 Å². The van der Waals surface area contributed by atoms with E-state index >= 15 is 0 Å². The molecule has 0 aliphatic rings.